The summed E-state index contributed by atoms with van der Waals surface area (Å²) in [5.74, 6) is 1.05. The normalized spacial score (nSPS) is 24.1. The van der Waals surface area contributed by atoms with Gasteiger partial charge in [0.05, 0.1) is 11.8 Å². The van der Waals surface area contributed by atoms with E-state index in [2.05, 4.69) is 30.0 Å². The van der Waals surface area contributed by atoms with Crippen molar-refractivity contribution < 1.29 is 4.74 Å². The summed E-state index contributed by atoms with van der Waals surface area (Å²) in [7, 11) is 0. The first kappa shape index (κ1) is 13.7. The van der Waals surface area contributed by atoms with E-state index in [1.807, 2.05) is 0 Å². The zero-order valence-electron chi connectivity index (χ0n) is 12.5. The molecule has 2 N–H and O–H groups in total. The molecule has 3 nitrogen and oxygen atoms in total. The number of hydrogen-bond acceptors (Lipinski definition) is 3. The molecule has 20 heavy (non-hydrogen) atoms. The van der Waals surface area contributed by atoms with Crippen LogP contribution < -0.4 is 15.4 Å². The first-order valence-corrected chi connectivity index (χ1v) is 8.00. The highest BCUT2D eigenvalue weighted by Gasteiger charge is 2.22. The molecule has 1 aliphatic carbocycles. The van der Waals surface area contributed by atoms with Gasteiger partial charge in [0.25, 0.3) is 0 Å². The molecule has 2 fully saturated rings. The quantitative estimate of drug-likeness (QED) is 0.919. The first-order chi connectivity index (χ1) is 9.72. The molecule has 0 bridgehead atoms. The minimum absolute atomic E-state index is 0.295. The Bertz CT molecular complexity index is 454. The lowest BCUT2D eigenvalue weighted by Crippen LogP contribution is -2.43. The Kier molecular flexibility index (Phi) is 4.16. The average Bonchev–Trinajstić information content (AvgIpc) is 2.94. The van der Waals surface area contributed by atoms with Crippen molar-refractivity contribution in [3.63, 3.8) is 0 Å². The zero-order chi connectivity index (χ0) is 13.9. The monoisotopic (exact) mass is 274 g/mol. The Hall–Kier alpha value is -1.22. The summed E-state index contributed by atoms with van der Waals surface area (Å²) >= 11 is 0. The third-order valence-electron chi connectivity index (χ3n) is 4.51. The van der Waals surface area contributed by atoms with E-state index in [0.717, 1.165) is 25.3 Å². The van der Waals surface area contributed by atoms with Gasteiger partial charge in [-0.05, 0) is 63.1 Å². The maximum atomic E-state index is 6.27. The van der Waals surface area contributed by atoms with Crippen molar-refractivity contribution >= 4 is 5.69 Å². The van der Waals surface area contributed by atoms with Gasteiger partial charge in [-0.2, -0.15) is 0 Å². The molecule has 1 unspecified atom stereocenters. The molecule has 0 spiro atoms. The fourth-order valence-corrected chi connectivity index (χ4v) is 3.39. The van der Waals surface area contributed by atoms with Crippen LogP contribution in [0, 0.1) is 6.92 Å². The van der Waals surface area contributed by atoms with Gasteiger partial charge in [0.2, 0.25) is 0 Å². The summed E-state index contributed by atoms with van der Waals surface area (Å²) in [6.45, 7) is 4.19. The van der Waals surface area contributed by atoms with E-state index < -0.39 is 0 Å². The molecular formula is C17H26N2O. The molecule has 3 heteroatoms. The molecule has 110 valence electrons. The second-order valence-corrected chi connectivity index (χ2v) is 6.34. The third kappa shape index (κ3) is 3.09. The second kappa shape index (κ2) is 6.04. The van der Waals surface area contributed by atoms with Gasteiger partial charge in [-0.15, -0.1) is 0 Å². The molecular weight excluding hydrogens is 248 g/mol. The van der Waals surface area contributed by atoms with Crippen LogP contribution >= 0.6 is 0 Å². The lowest BCUT2D eigenvalue weighted by atomic mass is 10.0. The van der Waals surface area contributed by atoms with Crippen LogP contribution in [0.5, 0.6) is 5.75 Å². The predicted octanol–water partition coefficient (Wildman–Crippen LogP) is 3.24. The van der Waals surface area contributed by atoms with Gasteiger partial charge in [0.15, 0.2) is 0 Å². The van der Waals surface area contributed by atoms with Crippen molar-refractivity contribution in [3.05, 3.63) is 23.8 Å². The number of hydrogen-bond donors (Lipinski definition) is 1. The van der Waals surface area contributed by atoms with Crippen molar-refractivity contribution in [1.82, 2.24) is 0 Å². The van der Waals surface area contributed by atoms with Crippen LogP contribution in [0.25, 0.3) is 0 Å². The standard InChI is InChI=1S/C17H26N2O/c1-13-8-9-17(20-15-6-2-3-7-15)16(11-13)19-10-4-5-14(18)12-19/h8-9,11,14-15H,2-7,10,12,18H2,1H3. The number of rotatable bonds is 3. The summed E-state index contributed by atoms with van der Waals surface area (Å²) in [4.78, 5) is 2.41. The Balaban J connectivity index is 1.81. The molecule has 1 heterocycles. The summed E-state index contributed by atoms with van der Waals surface area (Å²) in [6, 6.07) is 6.84. The molecule has 1 saturated heterocycles. The van der Waals surface area contributed by atoms with E-state index >= 15 is 0 Å². The number of benzene rings is 1. The Labute approximate surface area is 122 Å². The lowest BCUT2D eigenvalue weighted by molar-refractivity contribution is 0.210. The highest BCUT2D eigenvalue weighted by molar-refractivity contribution is 5.60. The predicted molar refractivity (Wildman–Crippen MR) is 83.5 cm³/mol. The first-order valence-electron chi connectivity index (χ1n) is 8.00. The van der Waals surface area contributed by atoms with E-state index in [-0.39, 0.29) is 0 Å². The fraction of sp³-hybridized carbons (Fsp3) is 0.647. The van der Waals surface area contributed by atoms with Crippen molar-refractivity contribution in [2.45, 2.75) is 57.6 Å². The maximum absolute atomic E-state index is 6.27. The number of aryl methyl sites for hydroxylation is 1. The summed E-state index contributed by atoms with van der Waals surface area (Å²) in [5, 5.41) is 0. The molecule has 1 aromatic carbocycles. The summed E-state index contributed by atoms with van der Waals surface area (Å²) in [6.07, 6.45) is 7.74. The number of nitrogens with zero attached hydrogens (tertiary/aromatic N) is 1. The molecule has 1 aromatic rings. The Morgan fingerprint density at radius 3 is 2.70 bits per heavy atom. The summed E-state index contributed by atoms with van der Waals surface area (Å²) in [5.41, 5.74) is 8.66. The molecule has 1 aliphatic heterocycles. The zero-order valence-corrected chi connectivity index (χ0v) is 12.5. The smallest absolute Gasteiger partial charge is 0.143 e. The largest absolute Gasteiger partial charge is 0.488 e. The average molecular weight is 274 g/mol. The molecule has 0 amide bonds. The van der Waals surface area contributed by atoms with Gasteiger partial charge in [0, 0.05) is 19.1 Å². The van der Waals surface area contributed by atoms with Gasteiger partial charge in [-0.25, -0.2) is 0 Å². The van der Waals surface area contributed by atoms with E-state index in [9.17, 15) is 0 Å². The number of anilines is 1. The van der Waals surface area contributed by atoms with Gasteiger partial charge in [0.1, 0.15) is 5.75 Å². The summed E-state index contributed by atoms with van der Waals surface area (Å²) < 4.78 is 6.27. The van der Waals surface area contributed by atoms with Gasteiger partial charge in [-0.1, -0.05) is 6.07 Å². The van der Waals surface area contributed by atoms with Gasteiger partial charge in [-0.3, -0.25) is 0 Å². The SMILES string of the molecule is Cc1ccc(OC2CCCC2)c(N2CCCC(N)C2)c1. The van der Waals surface area contributed by atoms with Crippen molar-refractivity contribution in [2.24, 2.45) is 5.73 Å². The van der Waals surface area contributed by atoms with E-state index in [1.54, 1.807) is 0 Å². The molecule has 2 aliphatic rings. The van der Waals surface area contributed by atoms with Crippen LogP contribution in [0.1, 0.15) is 44.1 Å². The lowest BCUT2D eigenvalue weighted by Gasteiger charge is -2.34. The fourth-order valence-electron chi connectivity index (χ4n) is 3.39. The number of piperidine rings is 1. The Morgan fingerprint density at radius 2 is 1.95 bits per heavy atom. The van der Waals surface area contributed by atoms with Crippen LogP contribution in [0.2, 0.25) is 0 Å². The molecule has 3 rings (SSSR count). The van der Waals surface area contributed by atoms with Crippen LogP contribution in [0.15, 0.2) is 18.2 Å². The van der Waals surface area contributed by atoms with Gasteiger partial charge < -0.3 is 15.4 Å². The van der Waals surface area contributed by atoms with E-state index in [4.69, 9.17) is 10.5 Å². The van der Waals surface area contributed by atoms with E-state index in [1.165, 1.54) is 43.4 Å². The van der Waals surface area contributed by atoms with Gasteiger partial charge >= 0.3 is 0 Å². The number of nitrogens with two attached hydrogens (primary N) is 1. The maximum Gasteiger partial charge on any atom is 0.143 e. The second-order valence-electron chi connectivity index (χ2n) is 6.34. The molecule has 0 aromatic heterocycles. The molecule has 0 radical (unpaired) electrons. The van der Waals surface area contributed by atoms with Crippen molar-refractivity contribution in [1.29, 1.82) is 0 Å². The van der Waals surface area contributed by atoms with Crippen molar-refractivity contribution in [3.8, 4) is 5.75 Å². The number of ether oxygens (including phenoxy) is 1. The van der Waals surface area contributed by atoms with Crippen LogP contribution in [-0.2, 0) is 0 Å². The Morgan fingerprint density at radius 1 is 1.15 bits per heavy atom. The molecule has 1 atom stereocenters. The highest BCUT2D eigenvalue weighted by Crippen LogP contribution is 2.34. The third-order valence-corrected chi connectivity index (χ3v) is 4.51. The minimum Gasteiger partial charge on any atom is -0.488 e. The van der Waals surface area contributed by atoms with Crippen molar-refractivity contribution in [2.75, 3.05) is 18.0 Å². The van der Waals surface area contributed by atoms with Crippen LogP contribution in [0.3, 0.4) is 0 Å². The van der Waals surface area contributed by atoms with Crippen LogP contribution in [-0.4, -0.2) is 25.2 Å². The highest BCUT2D eigenvalue weighted by atomic mass is 16.5. The van der Waals surface area contributed by atoms with Crippen LogP contribution in [0.4, 0.5) is 5.69 Å². The minimum atomic E-state index is 0.295. The topological polar surface area (TPSA) is 38.5 Å². The molecule has 1 saturated carbocycles. The van der Waals surface area contributed by atoms with E-state index in [0.29, 0.717) is 12.1 Å².